The van der Waals surface area contributed by atoms with Crippen molar-refractivity contribution in [3.05, 3.63) is 59.7 Å². The minimum absolute atomic E-state index is 0.154. The lowest BCUT2D eigenvalue weighted by atomic mass is 10.2. The molecule has 2 amide bonds. The van der Waals surface area contributed by atoms with Gasteiger partial charge < -0.3 is 15.4 Å². The summed E-state index contributed by atoms with van der Waals surface area (Å²) >= 11 is 0. The Morgan fingerprint density at radius 2 is 1.79 bits per heavy atom. The Morgan fingerprint density at radius 1 is 1.08 bits per heavy atom. The normalized spacial score (nSPS) is 9.42. The van der Waals surface area contributed by atoms with Crippen LogP contribution in [0.25, 0.3) is 0 Å². The third-order valence-corrected chi connectivity index (χ3v) is 3.13. The monoisotopic (exact) mass is 322 g/mol. The third-order valence-electron chi connectivity index (χ3n) is 3.13. The fourth-order valence-corrected chi connectivity index (χ4v) is 2.02. The quantitative estimate of drug-likeness (QED) is 0.850. The maximum Gasteiger partial charge on any atom is 0.252 e. The molecule has 5 nitrogen and oxygen atoms in total. The van der Waals surface area contributed by atoms with Gasteiger partial charge in [-0.2, -0.15) is 0 Å². The number of hydrogen-bond acceptors (Lipinski definition) is 3. The summed E-state index contributed by atoms with van der Waals surface area (Å²) in [4.78, 5) is 23.0. The lowest BCUT2D eigenvalue weighted by Crippen LogP contribution is -2.23. The highest BCUT2D eigenvalue weighted by Crippen LogP contribution is 2.15. The lowest BCUT2D eigenvalue weighted by Gasteiger charge is -2.04. The zero-order valence-corrected chi connectivity index (χ0v) is 13.6. The van der Waals surface area contributed by atoms with E-state index in [9.17, 15) is 9.59 Å². The summed E-state index contributed by atoms with van der Waals surface area (Å²) in [5.74, 6) is 6.18. The molecule has 122 valence electrons. The van der Waals surface area contributed by atoms with Crippen LogP contribution in [0, 0.1) is 11.8 Å². The number of ether oxygens (including phenoxy) is 1. The van der Waals surface area contributed by atoms with Crippen LogP contribution >= 0.6 is 0 Å². The van der Waals surface area contributed by atoms with Gasteiger partial charge in [-0.3, -0.25) is 9.59 Å². The van der Waals surface area contributed by atoms with Gasteiger partial charge in [0, 0.05) is 18.2 Å². The molecule has 0 saturated heterocycles. The van der Waals surface area contributed by atoms with E-state index in [1.807, 2.05) is 24.3 Å². The molecule has 0 spiro atoms. The van der Waals surface area contributed by atoms with Crippen LogP contribution in [0.15, 0.2) is 48.5 Å². The van der Waals surface area contributed by atoms with Crippen LogP contribution in [-0.2, 0) is 4.79 Å². The number of methoxy groups -OCH3 is 1. The first-order valence-electron chi connectivity index (χ1n) is 7.38. The topological polar surface area (TPSA) is 67.4 Å². The maximum absolute atomic E-state index is 12.0. The lowest BCUT2D eigenvalue weighted by molar-refractivity contribution is -0.114. The van der Waals surface area contributed by atoms with Gasteiger partial charge in [0.1, 0.15) is 5.75 Å². The number of rotatable bonds is 4. The minimum atomic E-state index is -0.223. The number of amides is 2. The number of nitrogens with one attached hydrogen (secondary N) is 2. The van der Waals surface area contributed by atoms with Crippen molar-refractivity contribution in [3.8, 4) is 17.6 Å². The van der Waals surface area contributed by atoms with Crippen LogP contribution in [0.4, 0.5) is 5.69 Å². The second-order valence-corrected chi connectivity index (χ2v) is 4.94. The van der Waals surface area contributed by atoms with Crippen LogP contribution in [-0.4, -0.2) is 25.5 Å². The Balaban J connectivity index is 1.92. The van der Waals surface area contributed by atoms with E-state index in [0.717, 1.165) is 5.56 Å². The Labute approximate surface area is 141 Å². The SMILES string of the molecule is COc1ccccc1C#CCNC(=O)c1ccc(NC(C)=O)cc1. The Morgan fingerprint density at radius 3 is 2.46 bits per heavy atom. The molecule has 0 fully saturated rings. The number of benzene rings is 2. The molecule has 0 unspecified atom stereocenters. The molecule has 5 heteroatoms. The molecule has 0 aromatic heterocycles. The second kappa shape index (κ2) is 8.39. The molecular weight excluding hydrogens is 304 g/mol. The van der Waals surface area contributed by atoms with E-state index < -0.39 is 0 Å². The van der Waals surface area contributed by atoms with Crippen molar-refractivity contribution in [1.82, 2.24) is 5.32 Å². The number of para-hydroxylation sites is 1. The van der Waals surface area contributed by atoms with E-state index in [4.69, 9.17) is 4.74 Å². The first kappa shape index (κ1) is 17.1. The average Bonchev–Trinajstić information content (AvgIpc) is 2.59. The average molecular weight is 322 g/mol. The Hall–Kier alpha value is -3.26. The van der Waals surface area contributed by atoms with Gasteiger partial charge >= 0.3 is 0 Å². The summed E-state index contributed by atoms with van der Waals surface area (Å²) < 4.78 is 5.21. The zero-order chi connectivity index (χ0) is 17.4. The molecule has 2 N–H and O–H groups in total. The van der Waals surface area contributed by atoms with E-state index in [0.29, 0.717) is 17.0 Å². The van der Waals surface area contributed by atoms with Crippen LogP contribution in [0.1, 0.15) is 22.8 Å². The predicted molar refractivity (Wildman–Crippen MR) is 93.0 cm³/mol. The summed E-state index contributed by atoms with van der Waals surface area (Å²) in [6.45, 7) is 1.66. The minimum Gasteiger partial charge on any atom is -0.495 e. The number of carbonyl (C=O) groups excluding carboxylic acids is 2. The number of carbonyl (C=O) groups is 2. The fourth-order valence-electron chi connectivity index (χ4n) is 2.02. The molecule has 2 rings (SSSR count). The van der Waals surface area contributed by atoms with Gasteiger partial charge in [0.05, 0.1) is 19.2 Å². The van der Waals surface area contributed by atoms with Crippen molar-refractivity contribution in [2.45, 2.75) is 6.92 Å². The molecule has 0 aliphatic heterocycles. The molecule has 0 saturated carbocycles. The zero-order valence-electron chi connectivity index (χ0n) is 13.6. The predicted octanol–water partition coefficient (Wildman–Crippen LogP) is 2.44. The molecular formula is C19H18N2O3. The summed E-state index contributed by atoms with van der Waals surface area (Å²) in [5, 5.41) is 5.37. The molecule has 0 radical (unpaired) electrons. The summed E-state index contributed by atoms with van der Waals surface area (Å²) in [7, 11) is 1.59. The van der Waals surface area contributed by atoms with Crippen molar-refractivity contribution in [2.24, 2.45) is 0 Å². The highest BCUT2D eigenvalue weighted by Gasteiger charge is 2.04. The molecule has 0 heterocycles. The summed E-state index contributed by atoms with van der Waals surface area (Å²) in [6.07, 6.45) is 0. The van der Waals surface area contributed by atoms with Gasteiger partial charge in [0.25, 0.3) is 5.91 Å². The van der Waals surface area contributed by atoms with E-state index >= 15 is 0 Å². The molecule has 0 bridgehead atoms. The largest absolute Gasteiger partial charge is 0.495 e. The molecule has 2 aromatic rings. The summed E-state index contributed by atoms with van der Waals surface area (Å²) in [5.41, 5.74) is 1.92. The Bertz CT molecular complexity index is 786. The smallest absolute Gasteiger partial charge is 0.252 e. The van der Waals surface area contributed by atoms with Gasteiger partial charge in [-0.25, -0.2) is 0 Å². The van der Waals surface area contributed by atoms with Gasteiger partial charge in [0.2, 0.25) is 5.91 Å². The number of hydrogen-bond donors (Lipinski definition) is 2. The standard InChI is InChI=1S/C19H18N2O3/c1-14(22)21-17-11-9-16(10-12-17)19(23)20-13-5-7-15-6-3-4-8-18(15)24-2/h3-4,6,8-12H,13H2,1-2H3,(H,20,23)(H,21,22). The third kappa shape index (κ3) is 4.89. The van der Waals surface area contributed by atoms with E-state index in [1.165, 1.54) is 6.92 Å². The van der Waals surface area contributed by atoms with Crippen molar-refractivity contribution in [3.63, 3.8) is 0 Å². The van der Waals surface area contributed by atoms with Crippen molar-refractivity contribution < 1.29 is 14.3 Å². The highest BCUT2D eigenvalue weighted by molar-refractivity contribution is 5.95. The van der Waals surface area contributed by atoms with Gasteiger partial charge in [-0.05, 0) is 36.4 Å². The first-order chi connectivity index (χ1) is 11.6. The molecule has 24 heavy (non-hydrogen) atoms. The molecule has 2 aromatic carbocycles. The van der Waals surface area contributed by atoms with Crippen LogP contribution in [0.5, 0.6) is 5.75 Å². The van der Waals surface area contributed by atoms with Gasteiger partial charge in [-0.15, -0.1) is 0 Å². The number of anilines is 1. The van der Waals surface area contributed by atoms with E-state index in [2.05, 4.69) is 22.5 Å². The van der Waals surface area contributed by atoms with Crippen molar-refractivity contribution >= 4 is 17.5 Å². The molecule has 0 atom stereocenters. The fraction of sp³-hybridized carbons (Fsp3) is 0.158. The Kier molecular flexibility index (Phi) is 5.98. The van der Waals surface area contributed by atoms with Crippen LogP contribution in [0.3, 0.4) is 0 Å². The molecule has 0 aliphatic rings. The maximum atomic E-state index is 12.0. The first-order valence-corrected chi connectivity index (χ1v) is 7.38. The second-order valence-electron chi connectivity index (χ2n) is 4.94. The van der Waals surface area contributed by atoms with E-state index in [-0.39, 0.29) is 18.4 Å². The molecule has 0 aliphatic carbocycles. The van der Waals surface area contributed by atoms with E-state index in [1.54, 1.807) is 31.4 Å². The van der Waals surface area contributed by atoms with Crippen LogP contribution in [0.2, 0.25) is 0 Å². The highest BCUT2D eigenvalue weighted by atomic mass is 16.5. The van der Waals surface area contributed by atoms with Gasteiger partial charge in [0.15, 0.2) is 0 Å². The summed E-state index contributed by atoms with van der Waals surface area (Å²) in [6, 6.07) is 14.1. The van der Waals surface area contributed by atoms with Crippen molar-refractivity contribution in [2.75, 3.05) is 19.0 Å². The van der Waals surface area contributed by atoms with Gasteiger partial charge in [-0.1, -0.05) is 24.0 Å². The van der Waals surface area contributed by atoms with Crippen LogP contribution < -0.4 is 15.4 Å². The van der Waals surface area contributed by atoms with Crippen molar-refractivity contribution in [1.29, 1.82) is 0 Å².